The molecule has 2 rings (SSSR count). The second-order valence-electron chi connectivity index (χ2n) is 4.95. The van der Waals surface area contributed by atoms with Crippen LogP contribution in [0.15, 0.2) is 12.4 Å². The van der Waals surface area contributed by atoms with E-state index >= 15 is 0 Å². The molecule has 7 nitrogen and oxygen atoms in total. The van der Waals surface area contributed by atoms with Crippen molar-refractivity contribution >= 4 is 17.7 Å². The Hall–Kier alpha value is -2.18. The highest BCUT2D eigenvalue weighted by Gasteiger charge is 2.37. The summed E-state index contributed by atoms with van der Waals surface area (Å²) in [4.78, 5) is 32.4. The normalized spacial score (nSPS) is 18.1. The molecule has 0 unspecified atom stereocenters. The lowest BCUT2D eigenvalue weighted by Gasteiger charge is -2.37. The number of nitrogens with two attached hydrogens (primary N) is 1. The zero-order chi connectivity index (χ0) is 14.0. The van der Waals surface area contributed by atoms with Crippen molar-refractivity contribution < 1.29 is 14.7 Å². The summed E-state index contributed by atoms with van der Waals surface area (Å²) in [5.74, 6) is -0.987. The summed E-state index contributed by atoms with van der Waals surface area (Å²) in [6.45, 7) is 2.77. The Bertz CT molecular complexity index is 509. The first-order valence-corrected chi connectivity index (χ1v) is 6.03. The number of aliphatic carboxylic acids is 1. The van der Waals surface area contributed by atoms with Crippen molar-refractivity contribution in [2.75, 3.05) is 18.0 Å². The van der Waals surface area contributed by atoms with Gasteiger partial charge in [-0.1, -0.05) is 0 Å². The van der Waals surface area contributed by atoms with Crippen LogP contribution < -0.4 is 10.6 Å². The zero-order valence-electron chi connectivity index (χ0n) is 10.7. The van der Waals surface area contributed by atoms with Crippen molar-refractivity contribution in [1.82, 2.24) is 9.97 Å². The Labute approximate surface area is 110 Å². The quantitative estimate of drug-likeness (QED) is 0.810. The van der Waals surface area contributed by atoms with Crippen molar-refractivity contribution in [2.24, 2.45) is 11.1 Å². The van der Waals surface area contributed by atoms with E-state index < -0.39 is 17.3 Å². The monoisotopic (exact) mass is 264 g/mol. The summed E-state index contributed by atoms with van der Waals surface area (Å²) in [5.41, 5.74) is 4.67. The van der Waals surface area contributed by atoms with Crippen LogP contribution in [0.2, 0.25) is 0 Å². The summed E-state index contributed by atoms with van der Waals surface area (Å²) in [6.07, 6.45) is 3.90. The van der Waals surface area contributed by atoms with Gasteiger partial charge in [-0.15, -0.1) is 0 Å². The van der Waals surface area contributed by atoms with Crippen LogP contribution in [-0.2, 0) is 4.79 Å². The molecule has 1 aliphatic rings. The van der Waals surface area contributed by atoms with E-state index in [4.69, 9.17) is 5.73 Å². The highest BCUT2D eigenvalue weighted by atomic mass is 16.4. The van der Waals surface area contributed by atoms with Gasteiger partial charge in [0, 0.05) is 25.5 Å². The lowest BCUT2D eigenvalue weighted by Crippen LogP contribution is -2.43. The number of rotatable bonds is 3. The fraction of sp³-hybridized carbons (Fsp3) is 0.500. The van der Waals surface area contributed by atoms with Crippen LogP contribution in [0.1, 0.15) is 30.3 Å². The van der Waals surface area contributed by atoms with Crippen molar-refractivity contribution in [3.8, 4) is 0 Å². The zero-order valence-corrected chi connectivity index (χ0v) is 10.7. The number of carbonyl (C=O) groups excluding carboxylic acids is 1. The number of aromatic nitrogens is 2. The molecule has 1 amide bonds. The van der Waals surface area contributed by atoms with Crippen molar-refractivity contribution in [1.29, 1.82) is 0 Å². The van der Waals surface area contributed by atoms with Gasteiger partial charge in [0.15, 0.2) is 11.5 Å². The van der Waals surface area contributed by atoms with Crippen LogP contribution in [0.4, 0.5) is 5.82 Å². The van der Waals surface area contributed by atoms with Gasteiger partial charge in [0.05, 0.1) is 5.41 Å². The van der Waals surface area contributed by atoms with E-state index in [2.05, 4.69) is 9.97 Å². The third kappa shape index (κ3) is 2.49. The Morgan fingerprint density at radius 1 is 1.32 bits per heavy atom. The Balaban J connectivity index is 2.19. The molecule has 102 valence electrons. The maximum atomic E-state index is 11.3. The first-order chi connectivity index (χ1) is 8.94. The van der Waals surface area contributed by atoms with Gasteiger partial charge in [-0.2, -0.15) is 0 Å². The molecule has 3 N–H and O–H groups in total. The molecule has 0 aliphatic carbocycles. The number of carboxylic acids is 1. The molecule has 1 fully saturated rings. The SMILES string of the molecule is CC1(C(=O)O)CCN(c2nccnc2C(N)=O)CC1. The van der Waals surface area contributed by atoms with Gasteiger partial charge in [0.1, 0.15) is 0 Å². The predicted molar refractivity (Wildman–Crippen MR) is 67.7 cm³/mol. The van der Waals surface area contributed by atoms with E-state index in [9.17, 15) is 14.7 Å². The number of hydrogen-bond donors (Lipinski definition) is 2. The van der Waals surface area contributed by atoms with E-state index in [1.54, 1.807) is 6.92 Å². The summed E-state index contributed by atoms with van der Waals surface area (Å²) < 4.78 is 0. The molecule has 1 aromatic rings. The fourth-order valence-corrected chi connectivity index (χ4v) is 2.16. The van der Waals surface area contributed by atoms with Crippen LogP contribution in [0.3, 0.4) is 0 Å². The fourth-order valence-electron chi connectivity index (χ4n) is 2.16. The smallest absolute Gasteiger partial charge is 0.309 e. The minimum absolute atomic E-state index is 0.126. The first-order valence-electron chi connectivity index (χ1n) is 6.03. The second-order valence-corrected chi connectivity index (χ2v) is 4.95. The topological polar surface area (TPSA) is 109 Å². The number of carbonyl (C=O) groups is 2. The molecule has 1 aliphatic heterocycles. The molecule has 0 radical (unpaired) electrons. The molecule has 0 atom stereocenters. The van der Waals surface area contributed by atoms with Crippen molar-refractivity contribution in [3.05, 3.63) is 18.1 Å². The lowest BCUT2D eigenvalue weighted by atomic mass is 9.80. The molecule has 19 heavy (non-hydrogen) atoms. The molecule has 1 aromatic heterocycles. The number of piperidine rings is 1. The van der Waals surface area contributed by atoms with Crippen LogP contribution in [0.25, 0.3) is 0 Å². The van der Waals surface area contributed by atoms with Gasteiger partial charge in [0.25, 0.3) is 5.91 Å². The summed E-state index contributed by atoms with van der Waals surface area (Å²) in [7, 11) is 0. The van der Waals surface area contributed by atoms with Gasteiger partial charge in [0.2, 0.25) is 0 Å². The molecular weight excluding hydrogens is 248 g/mol. The Kier molecular flexibility index (Phi) is 3.37. The maximum absolute atomic E-state index is 11.3. The van der Waals surface area contributed by atoms with Crippen molar-refractivity contribution in [2.45, 2.75) is 19.8 Å². The molecule has 7 heteroatoms. The highest BCUT2D eigenvalue weighted by Crippen LogP contribution is 2.33. The lowest BCUT2D eigenvalue weighted by molar-refractivity contribution is -0.149. The highest BCUT2D eigenvalue weighted by molar-refractivity contribution is 5.95. The third-order valence-corrected chi connectivity index (χ3v) is 3.60. The molecule has 0 saturated carbocycles. The standard InChI is InChI=1S/C12H16N4O3/c1-12(11(18)19)2-6-16(7-3-12)10-8(9(13)17)14-4-5-15-10/h4-5H,2-3,6-7H2,1H3,(H2,13,17)(H,18,19). The summed E-state index contributed by atoms with van der Waals surface area (Å²) in [6, 6.07) is 0. The van der Waals surface area contributed by atoms with Gasteiger partial charge < -0.3 is 15.7 Å². The molecule has 1 saturated heterocycles. The van der Waals surface area contributed by atoms with Crippen molar-refractivity contribution in [3.63, 3.8) is 0 Å². The van der Waals surface area contributed by atoms with Gasteiger partial charge >= 0.3 is 5.97 Å². The van der Waals surface area contributed by atoms with Crippen LogP contribution in [-0.4, -0.2) is 40.0 Å². The van der Waals surface area contributed by atoms with Crippen LogP contribution in [0.5, 0.6) is 0 Å². The van der Waals surface area contributed by atoms with Crippen LogP contribution >= 0.6 is 0 Å². The van der Waals surface area contributed by atoms with Gasteiger partial charge in [-0.05, 0) is 19.8 Å². The van der Waals surface area contributed by atoms with Crippen LogP contribution in [0, 0.1) is 5.41 Å². The molecule has 0 bridgehead atoms. The molecular formula is C12H16N4O3. The Morgan fingerprint density at radius 2 is 1.89 bits per heavy atom. The van der Waals surface area contributed by atoms with E-state index in [1.165, 1.54) is 12.4 Å². The van der Waals surface area contributed by atoms with Gasteiger partial charge in [-0.3, -0.25) is 9.59 Å². The number of hydrogen-bond acceptors (Lipinski definition) is 5. The van der Waals surface area contributed by atoms with E-state index in [0.29, 0.717) is 31.7 Å². The third-order valence-electron chi connectivity index (χ3n) is 3.60. The predicted octanol–water partition coefficient (Wildman–Crippen LogP) is 0.267. The number of anilines is 1. The van der Waals surface area contributed by atoms with E-state index in [1.807, 2.05) is 4.90 Å². The number of carboxylic acid groups (broad SMARTS) is 1. The largest absolute Gasteiger partial charge is 0.481 e. The number of primary amides is 1. The van der Waals surface area contributed by atoms with E-state index in [-0.39, 0.29) is 5.69 Å². The van der Waals surface area contributed by atoms with Gasteiger partial charge in [-0.25, -0.2) is 9.97 Å². The average molecular weight is 264 g/mol. The average Bonchev–Trinajstić information content (AvgIpc) is 2.39. The summed E-state index contributed by atoms with van der Waals surface area (Å²) in [5, 5.41) is 9.18. The minimum Gasteiger partial charge on any atom is -0.481 e. The second kappa shape index (κ2) is 4.83. The minimum atomic E-state index is -0.790. The Morgan fingerprint density at radius 3 is 2.42 bits per heavy atom. The molecule has 0 aromatic carbocycles. The summed E-state index contributed by atoms with van der Waals surface area (Å²) >= 11 is 0. The maximum Gasteiger partial charge on any atom is 0.309 e. The molecule has 0 spiro atoms. The number of amides is 1. The number of nitrogens with zero attached hydrogens (tertiary/aromatic N) is 3. The molecule has 2 heterocycles. The first kappa shape index (κ1) is 13.3. The van der Waals surface area contributed by atoms with E-state index in [0.717, 1.165) is 0 Å².